The molecule has 3 aromatic rings. The molecular weight excluding hydrogens is 492 g/mol. The lowest BCUT2D eigenvalue weighted by molar-refractivity contribution is -0.286. The fourth-order valence-electron chi connectivity index (χ4n) is 4.76. The summed E-state index contributed by atoms with van der Waals surface area (Å²) in [7, 11) is 1.53. The second-order valence-corrected chi connectivity index (χ2v) is 9.20. The van der Waals surface area contributed by atoms with Crippen LogP contribution in [0.1, 0.15) is 42.3 Å². The van der Waals surface area contributed by atoms with Gasteiger partial charge in [-0.05, 0) is 31.2 Å². The van der Waals surface area contributed by atoms with Gasteiger partial charge in [0.15, 0.2) is 11.5 Å². The van der Waals surface area contributed by atoms with E-state index in [0.29, 0.717) is 29.2 Å². The molecule has 3 aliphatic heterocycles. The van der Waals surface area contributed by atoms with Gasteiger partial charge in [0.1, 0.15) is 41.1 Å². The van der Waals surface area contributed by atoms with Crippen molar-refractivity contribution in [3.05, 3.63) is 69.6 Å². The van der Waals surface area contributed by atoms with Crippen LogP contribution in [0.5, 0.6) is 28.7 Å². The van der Waals surface area contributed by atoms with Crippen molar-refractivity contribution in [1.29, 1.82) is 0 Å². The average molecular weight is 513 g/mol. The third-order valence-corrected chi connectivity index (χ3v) is 6.77. The highest BCUT2D eigenvalue weighted by atomic mass is 19.3. The van der Waals surface area contributed by atoms with E-state index in [9.17, 15) is 18.4 Å². The van der Waals surface area contributed by atoms with Crippen LogP contribution < -0.4 is 34.6 Å². The minimum atomic E-state index is -3.78. The first-order valence-corrected chi connectivity index (χ1v) is 11.4. The minimum Gasteiger partial charge on any atom is -0.497 e. The van der Waals surface area contributed by atoms with E-state index >= 15 is 0 Å². The standard InChI is InChI=1S/C25H21F2N3O7/c1-24(11-34-18-10-21-20(8-14(18)24)36-25(26,27)37-21)23(32)28-16-9-19(15-5-6-22(31)30-29-15)35-17-7-12(33-2)3-4-13(16)17/h3-8,10,16,19H,9,11H2,1-2H3,(H,28,32)(H,30,31)/t16-,19-,24+/m1/s1. The molecule has 0 bridgehead atoms. The van der Waals surface area contributed by atoms with Crippen LogP contribution in [0, 0.1) is 0 Å². The number of alkyl halides is 2. The molecule has 0 radical (unpaired) electrons. The summed E-state index contributed by atoms with van der Waals surface area (Å²) in [5.74, 6) is 0.631. The van der Waals surface area contributed by atoms with Gasteiger partial charge in [-0.3, -0.25) is 9.59 Å². The first-order chi connectivity index (χ1) is 17.6. The molecule has 0 saturated carbocycles. The van der Waals surface area contributed by atoms with Crippen molar-refractivity contribution in [1.82, 2.24) is 15.5 Å². The Morgan fingerprint density at radius 1 is 1.11 bits per heavy atom. The Morgan fingerprint density at radius 3 is 2.62 bits per heavy atom. The zero-order chi connectivity index (χ0) is 25.9. The first-order valence-electron chi connectivity index (χ1n) is 11.4. The van der Waals surface area contributed by atoms with Crippen molar-refractivity contribution in [2.24, 2.45) is 0 Å². The number of carbonyl (C=O) groups excluding carboxylic acids is 1. The summed E-state index contributed by atoms with van der Waals surface area (Å²) in [5, 5.41) is 9.55. The fourth-order valence-corrected chi connectivity index (χ4v) is 4.76. The van der Waals surface area contributed by atoms with Crippen molar-refractivity contribution in [3.8, 4) is 28.7 Å². The largest absolute Gasteiger partial charge is 0.586 e. The predicted octanol–water partition coefficient (Wildman–Crippen LogP) is 3.13. The van der Waals surface area contributed by atoms with Crippen molar-refractivity contribution in [3.63, 3.8) is 0 Å². The number of nitrogens with zero attached hydrogens (tertiary/aromatic N) is 1. The third-order valence-electron chi connectivity index (χ3n) is 6.77. The molecule has 0 spiro atoms. The van der Waals surface area contributed by atoms with E-state index in [1.54, 1.807) is 31.2 Å². The lowest BCUT2D eigenvalue weighted by Gasteiger charge is -2.34. The van der Waals surface area contributed by atoms with Gasteiger partial charge in [-0.15, -0.1) is 8.78 Å². The summed E-state index contributed by atoms with van der Waals surface area (Å²) in [4.78, 5) is 25.2. The monoisotopic (exact) mass is 513 g/mol. The maximum atomic E-state index is 13.7. The Morgan fingerprint density at radius 2 is 1.89 bits per heavy atom. The second kappa shape index (κ2) is 8.08. The number of hydrogen-bond acceptors (Lipinski definition) is 8. The summed E-state index contributed by atoms with van der Waals surface area (Å²) in [5.41, 5.74) is 0.0795. The molecule has 1 aromatic heterocycles. The van der Waals surface area contributed by atoms with Gasteiger partial charge < -0.3 is 29.0 Å². The number of benzene rings is 2. The van der Waals surface area contributed by atoms with Gasteiger partial charge in [0.2, 0.25) is 5.91 Å². The van der Waals surface area contributed by atoms with Crippen molar-refractivity contribution < 1.29 is 37.3 Å². The lowest BCUT2D eigenvalue weighted by Crippen LogP contribution is -2.46. The van der Waals surface area contributed by atoms with Crippen molar-refractivity contribution >= 4 is 5.91 Å². The highest BCUT2D eigenvalue weighted by Gasteiger charge is 2.49. The van der Waals surface area contributed by atoms with Gasteiger partial charge in [-0.1, -0.05) is 0 Å². The molecule has 37 heavy (non-hydrogen) atoms. The summed E-state index contributed by atoms with van der Waals surface area (Å²) in [6.45, 7) is 1.67. The van der Waals surface area contributed by atoms with Crippen LogP contribution in [0.25, 0.3) is 0 Å². The van der Waals surface area contributed by atoms with Crippen LogP contribution in [0.3, 0.4) is 0 Å². The molecule has 3 atom stereocenters. The number of amides is 1. The normalized spacial score (nSPS) is 24.3. The summed E-state index contributed by atoms with van der Waals surface area (Å²) < 4.78 is 53.4. The number of nitrogens with one attached hydrogen (secondary N) is 2. The van der Waals surface area contributed by atoms with Gasteiger partial charge in [-0.25, -0.2) is 5.10 Å². The Kier molecular flexibility index (Phi) is 5.04. The number of H-pyrrole nitrogens is 1. The van der Waals surface area contributed by atoms with Crippen LogP contribution in [-0.4, -0.2) is 36.1 Å². The van der Waals surface area contributed by atoms with E-state index < -0.39 is 23.9 Å². The fraction of sp³-hybridized carbons (Fsp3) is 0.320. The lowest BCUT2D eigenvalue weighted by atomic mass is 9.82. The van der Waals surface area contributed by atoms with E-state index in [1.807, 2.05) is 0 Å². The van der Waals surface area contributed by atoms with E-state index in [1.165, 1.54) is 25.3 Å². The predicted molar refractivity (Wildman–Crippen MR) is 122 cm³/mol. The van der Waals surface area contributed by atoms with Gasteiger partial charge in [0.25, 0.3) is 5.56 Å². The maximum absolute atomic E-state index is 13.7. The van der Waals surface area contributed by atoms with Crippen LogP contribution in [0.4, 0.5) is 8.78 Å². The van der Waals surface area contributed by atoms with Gasteiger partial charge in [0.05, 0.1) is 13.2 Å². The average Bonchev–Trinajstić information content (AvgIpc) is 3.37. The SMILES string of the molecule is COc1ccc2c(c1)O[C@@H](c1ccc(=O)[nH]n1)C[C@H]2NC(=O)[C@@]1(C)COc2cc3c(cc21)OC(F)(F)O3. The topological polar surface area (TPSA) is 121 Å². The number of hydrogen-bond donors (Lipinski definition) is 2. The molecule has 0 saturated heterocycles. The number of methoxy groups -OCH3 is 1. The van der Waals surface area contributed by atoms with Crippen LogP contribution >= 0.6 is 0 Å². The molecule has 12 heteroatoms. The van der Waals surface area contributed by atoms with E-state index in [-0.39, 0.29) is 35.3 Å². The number of aromatic nitrogens is 2. The minimum absolute atomic E-state index is 0.00293. The smallest absolute Gasteiger partial charge is 0.497 e. The van der Waals surface area contributed by atoms with E-state index in [0.717, 1.165) is 5.56 Å². The number of fused-ring (bicyclic) bond motifs is 3. The Bertz CT molecular complexity index is 1460. The molecule has 4 heterocycles. The Hall–Kier alpha value is -4.35. The number of rotatable bonds is 4. The van der Waals surface area contributed by atoms with Gasteiger partial charge >= 0.3 is 6.29 Å². The molecule has 0 aliphatic carbocycles. The molecule has 0 fully saturated rings. The molecule has 2 N–H and O–H groups in total. The number of aromatic amines is 1. The van der Waals surface area contributed by atoms with Gasteiger partial charge in [-0.2, -0.15) is 5.10 Å². The molecule has 3 aliphatic rings. The third kappa shape index (κ3) is 3.88. The molecule has 10 nitrogen and oxygen atoms in total. The first kappa shape index (κ1) is 23.1. The van der Waals surface area contributed by atoms with Crippen LogP contribution in [0.2, 0.25) is 0 Å². The second-order valence-electron chi connectivity index (χ2n) is 9.20. The summed E-state index contributed by atoms with van der Waals surface area (Å²) in [6, 6.07) is 10.3. The molecule has 6 rings (SSSR count). The number of carbonyl (C=O) groups is 1. The van der Waals surface area contributed by atoms with Crippen LogP contribution in [0.15, 0.2) is 47.3 Å². The van der Waals surface area contributed by atoms with E-state index in [4.69, 9.17) is 14.2 Å². The quantitative estimate of drug-likeness (QED) is 0.546. The highest BCUT2D eigenvalue weighted by Crippen LogP contribution is 2.50. The molecule has 2 aromatic carbocycles. The number of halogens is 2. The number of ether oxygens (including phenoxy) is 5. The van der Waals surface area contributed by atoms with Crippen molar-refractivity contribution in [2.75, 3.05) is 13.7 Å². The molecule has 0 unspecified atom stereocenters. The Balaban J connectivity index is 1.32. The zero-order valence-corrected chi connectivity index (χ0v) is 19.7. The molecule has 1 amide bonds. The van der Waals surface area contributed by atoms with Crippen molar-refractivity contribution in [2.45, 2.75) is 37.2 Å². The van der Waals surface area contributed by atoms with Crippen LogP contribution in [-0.2, 0) is 10.2 Å². The summed E-state index contributed by atoms with van der Waals surface area (Å²) in [6.07, 6.45) is -4.03. The van der Waals surface area contributed by atoms with E-state index in [2.05, 4.69) is 25.0 Å². The molecular formula is C25H21F2N3O7. The Labute approximate surface area is 208 Å². The highest BCUT2D eigenvalue weighted by molar-refractivity contribution is 5.90. The summed E-state index contributed by atoms with van der Waals surface area (Å²) >= 11 is 0. The zero-order valence-electron chi connectivity index (χ0n) is 19.7. The van der Waals surface area contributed by atoms with Gasteiger partial charge in [0, 0.05) is 35.7 Å². The molecule has 192 valence electrons. The maximum Gasteiger partial charge on any atom is 0.586 e.